The summed E-state index contributed by atoms with van der Waals surface area (Å²) in [6.07, 6.45) is 0.700. The van der Waals surface area contributed by atoms with Gasteiger partial charge in [0.05, 0.1) is 13.7 Å². The number of hydrogen-bond acceptors (Lipinski definition) is 4. The fourth-order valence-electron chi connectivity index (χ4n) is 1.57. The summed E-state index contributed by atoms with van der Waals surface area (Å²) < 4.78 is 10.5. The quantitative estimate of drug-likeness (QED) is 0.528. The molecule has 0 aromatic heterocycles. The Morgan fingerprint density at radius 2 is 1.57 bits per heavy atom. The van der Waals surface area contributed by atoms with Gasteiger partial charge in [-0.05, 0) is 30.7 Å². The molecule has 1 rings (SSSR count). The predicted molar refractivity (Wildman–Crippen MR) is 79.4 cm³/mol. The van der Waals surface area contributed by atoms with Crippen molar-refractivity contribution in [3.05, 3.63) is 24.3 Å². The van der Waals surface area contributed by atoms with Gasteiger partial charge in [-0.25, -0.2) is 0 Å². The number of ether oxygens (including phenoxy) is 2. The van der Waals surface area contributed by atoms with Crippen LogP contribution < -0.4 is 20.1 Å². The molecule has 21 heavy (non-hydrogen) atoms. The Balaban J connectivity index is 2.15. The molecule has 0 aliphatic rings. The minimum Gasteiger partial charge on any atom is -0.497 e. The Morgan fingerprint density at radius 3 is 2.14 bits per heavy atom. The summed E-state index contributed by atoms with van der Waals surface area (Å²) in [6, 6.07) is 7.18. The average molecular weight is 294 g/mol. The molecule has 1 aromatic carbocycles. The summed E-state index contributed by atoms with van der Waals surface area (Å²) in [5.74, 6) is 0.895. The van der Waals surface area contributed by atoms with Gasteiger partial charge in [-0.3, -0.25) is 9.59 Å². The molecule has 0 saturated heterocycles. The fraction of sp³-hybridized carbons (Fsp3) is 0.467. The molecule has 0 heterocycles. The van der Waals surface area contributed by atoms with Crippen molar-refractivity contribution in [1.29, 1.82) is 0 Å². The van der Waals surface area contributed by atoms with Gasteiger partial charge >= 0.3 is 0 Å². The predicted octanol–water partition coefficient (Wildman–Crippen LogP) is 1.11. The van der Waals surface area contributed by atoms with Gasteiger partial charge in [0.1, 0.15) is 24.5 Å². The van der Waals surface area contributed by atoms with E-state index in [1.165, 1.54) is 0 Å². The van der Waals surface area contributed by atoms with Crippen molar-refractivity contribution < 1.29 is 19.1 Å². The van der Waals surface area contributed by atoms with Crippen LogP contribution in [0.2, 0.25) is 0 Å². The molecule has 0 fully saturated rings. The van der Waals surface area contributed by atoms with E-state index in [4.69, 9.17) is 9.47 Å². The summed E-state index contributed by atoms with van der Waals surface area (Å²) in [6.45, 7) is 3.24. The monoisotopic (exact) mass is 294 g/mol. The highest BCUT2D eigenvalue weighted by Gasteiger charge is 2.07. The minimum atomic E-state index is -0.304. The van der Waals surface area contributed by atoms with Crippen LogP contribution in [0.25, 0.3) is 0 Å². The zero-order chi connectivity index (χ0) is 15.5. The first-order chi connectivity index (χ1) is 10.2. The highest BCUT2D eigenvalue weighted by Crippen LogP contribution is 2.16. The number of nitrogens with one attached hydrogen (secondary N) is 2. The highest BCUT2D eigenvalue weighted by atomic mass is 16.5. The molecule has 2 amide bonds. The number of carbonyl (C=O) groups excluding carboxylic acids is 2. The van der Waals surface area contributed by atoms with Gasteiger partial charge in [0.15, 0.2) is 0 Å². The second-order valence-electron chi connectivity index (χ2n) is 4.40. The Hall–Kier alpha value is -2.24. The molecule has 6 nitrogen and oxygen atoms in total. The van der Waals surface area contributed by atoms with E-state index in [1.807, 2.05) is 6.92 Å². The number of hydrogen-bond donors (Lipinski definition) is 2. The molecular formula is C15H22N2O4. The lowest BCUT2D eigenvalue weighted by molar-refractivity contribution is -0.129. The first-order valence-electron chi connectivity index (χ1n) is 6.96. The van der Waals surface area contributed by atoms with Gasteiger partial charge in [0.25, 0.3) is 0 Å². The Kier molecular flexibility index (Phi) is 7.71. The molecule has 1 aromatic rings. The van der Waals surface area contributed by atoms with Crippen LogP contribution in [0.15, 0.2) is 24.3 Å². The smallest absolute Gasteiger partial charge is 0.229 e. The van der Waals surface area contributed by atoms with Gasteiger partial charge < -0.3 is 20.1 Å². The third-order valence-corrected chi connectivity index (χ3v) is 2.65. The van der Waals surface area contributed by atoms with Gasteiger partial charge in [-0.15, -0.1) is 0 Å². The zero-order valence-corrected chi connectivity index (χ0v) is 12.5. The largest absolute Gasteiger partial charge is 0.497 e. The molecular weight excluding hydrogens is 272 g/mol. The molecule has 0 aliphatic carbocycles. The standard InChI is InChI=1S/C15H22N2O4/c1-3-8-16-14(18)11-15(19)17-9-10-21-13-6-4-12(20-2)5-7-13/h4-7H,3,8-11H2,1-2H3,(H,16,18)(H,17,19). The highest BCUT2D eigenvalue weighted by molar-refractivity contribution is 5.96. The SMILES string of the molecule is CCCNC(=O)CC(=O)NCCOc1ccc(OC)cc1. The second kappa shape index (κ2) is 9.63. The maximum atomic E-state index is 11.5. The molecule has 2 N–H and O–H groups in total. The first-order valence-corrected chi connectivity index (χ1v) is 6.96. The van der Waals surface area contributed by atoms with E-state index in [-0.39, 0.29) is 18.2 Å². The number of amides is 2. The first kappa shape index (κ1) is 16.8. The van der Waals surface area contributed by atoms with Gasteiger partial charge in [-0.2, -0.15) is 0 Å². The molecule has 0 saturated carbocycles. The summed E-state index contributed by atoms with van der Waals surface area (Å²) in [5.41, 5.74) is 0. The van der Waals surface area contributed by atoms with E-state index in [1.54, 1.807) is 31.4 Å². The minimum absolute atomic E-state index is 0.150. The summed E-state index contributed by atoms with van der Waals surface area (Å²) in [4.78, 5) is 22.8. The van der Waals surface area contributed by atoms with Crippen molar-refractivity contribution in [2.24, 2.45) is 0 Å². The van der Waals surface area contributed by atoms with E-state index in [0.717, 1.165) is 12.2 Å². The average Bonchev–Trinajstić information content (AvgIpc) is 2.50. The van der Waals surface area contributed by atoms with Crippen LogP contribution >= 0.6 is 0 Å². The number of carbonyl (C=O) groups is 2. The van der Waals surface area contributed by atoms with E-state index >= 15 is 0 Å². The number of rotatable bonds is 9. The van der Waals surface area contributed by atoms with Crippen molar-refractivity contribution in [3.63, 3.8) is 0 Å². The van der Waals surface area contributed by atoms with Crippen LogP contribution in [-0.2, 0) is 9.59 Å². The van der Waals surface area contributed by atoms with Crippen LogP contribution in [0.5, 0.6) is 11.5 Å². The molecule has 116 valence electrons. The molecule has 0 bridgehead atoms. The van der Waals surface area contributed by atoms with Crippen LogP contribution in [0.1, 0.15) is 19.8 Å². The van der Waals surface area contributed by atoms with Crippen LogP contribution in [0, 0.1) is 0 Å². The van der Waals surface area contributed by atoms with Crippen molar-refractivity contribution in [2.75, 3.05) is 26.8 Å². The van der Waals surface area contributed by atoms with Gasteiger partial charge in [-0.1, -0.05) is 6.92 Å². The van der Waals surface area contributed by atoms with Gasteiger partial charge in [0, 0.05) is 6.54 Å². The summed E-state index contributed by atoms with van der Waals surface area (Å²) in [7, 11) is 1.60. The van der Waals surface area contributed by atoms with E-state index < -0.39 is 0 Å². The van der Waals surface area contributed by atoms with Crippen LogP contribution in [0.3, 0.4) is 0 Å². The van der Waals surface area contributed by atoms with E-state index in [9.17, 15) is 9.59 Å². The van der Waals surface area contributed by atoms with E-state index in [2.05, 4.69) is 10.6 Å². The third kappa shape index (κ3) is 7.20. The Labute approximate surface area is 124 Å². The lowest BCUT2D eigenvalue weighted by atomic mass is 10.3. The molecule has 0 atom stereocenters. The Morgan fingerprint density at radius 1 is 1.00 bits per heavy atom. The second-order valence-corrected chi connectivity index (χ2v) is 4.40. The van der Waals surface area contributed by atoms with Crippen molar-refractivity contribution in [1.82, 2.24) is 10.6 Å². The van der Waals surface area contributed by atoms with Crippen molar-refractivity contribution >= 4 is 11.8 Å². The fourth-order valence-corrected chi connectivity index (χ4v) is 1.57. The van der Waals surface area contributed by atoms with E-state index in [0.29, 0.717) is 25.4 Å². The molecule has 0 unspecified atom stereocenters. The number of benzene rings is 1. The maximum Gasteiger partial charge on any atom is 0.229 e. The topological polar surface area (TPSA) is 76.7 Å². The Bertz CT molecular complexity index is 445. The lowest BCUT2D eigenvalue weighted by Gasteiger charge is -2.08. The van der Waals surface area contributed by atoms with Crippen molar-refractivity contribution in [3.8, 4) is 11.5 Å². The molecule has 0 spiro atoms. The summed E-state index contributed by atoms with van der Waals surface area (Å²) in [5, 5.41) is 5.28. The maximum absolute atomic E-state index is 11.5. The zero-order valence-electron chi connectivity index (χ0n) is 12.5. The lowest BCUT2D eigenvalue weighted by Crippen LogP contribution is -2.34. The van der Waals surface area contributed by atoms with Crippen LogP contribution in [-0.4, -0.2) is 38.6 Å². The van der Waals surface area contributed by atoms with Crippen molar-refractivity contribution in [2.45, 2.75) is 19.8 Å². The molecule has 0 aliphatic heterocycles. The van der Waals surface area contributed by atoms with Gasteiger partial charge in [0.2, 0.25) is 11.8 Å². The molecule has 0 radical (unpaired) electrons. The molecule has 6 heteroatoms. The van der Waals surface area contributed by atoms with Crippen LogP contribution in [0.4, 0.5) is 0 Å². The number of methoxy groups -OCH3 is 1. The summed E-state index contributed by atoms with van der Waals surface area (Å²) >= 11 is 0. The normalized spacial score (nSPS) is 9.81. The third-order valence-electron chi connectivity index (χ3n) is 2.65.